The largest absolute Gasteiger partial charge is 0.293 e. The highest BCUT2D eigenvalue weighted by molar-refractivity contribution is 5.91. The molecular formula is C10H14N2O. The van der Waals surface area contributed by atoms with E-state index < -0.39 is 0 Å². The maximum absolute atomic E-state index is 11.0. The summed E-state index contributed by atoms with van der Waals surface area (Å²) in [5.74, 6) is 1.07. The minimum absolute atomic E-state index is 0.00745. The average molecular weight is 178 g/mol. The van der Waals surface area contributed by atoms with Gasteiger partial charge in [-0.1, -0.05) is 13.8 Å². The molecule has 0 aliphatic heterocycles. The highest BCUT2D eigenvalue weighted by Gasteiger charge is 2.08. The zero-order valence-electron chi connectivity index (χ0n) is 8.24. The standard InChI is InChI=1S/C10H14N2O/c1-4-7(2)10-11-6-5-9(12-10)8(3)13/h5-7H,4H2,1-3H3. The predicted octanol–water partition coefficient (Wildman–Crippen LogP) is 2.19. The second-order valence-electron chi connectivity index (χ2n) is 3.17. The van der Waals surface area contributed by atoms with Crippen molar-refractivity contribution < 1.29 is 4.79 Å². The first-order chi connectivity index (χ1) is 6.15. The molecule has 0 aliphatic rings. The lowest BCUT2D eigenvalue weighted by atomic mass is 10.1. The number of carbonyl (C=O) groups excluding carboxylic acids is 1. The molecule has 0 bridgehead atoms. The number of carbonyl (C=O) groups is 1. The van der Waals surface area contributed by atoms with Gasteiger partial charge in [0.2, 0.25) is 0 Å². The van der Waals surface area contributed by atoms with Gasteiger partial charge >= 0.3 is 0 Å². The van der Waals surface area contributed by atoms with Crippen LogP contribution in [0, 0.1) is 0 Å². The zero-order chi connectivity index (χ0) is 9.84. The molecule has 13 heavy (non-hydrogen) atoms. The normalized spacial score (nSPS) is 12.5. The Balaban J connectivity index is 2.98. The van der Waals surface area contributed by atoms with Crippen molar-refractivity contribution in [2.75, 3.05) is 0 Å². The van der Waals surface area contributed by atoms with Crippen molar-refractivity contribution in [2.24, 2.45) is 0 Å². The van der Waals surface area contributed by atoms with Crippen molar-refractivity contribution in [3.63, 3.8) is 0 Å². The molecule has 0 aliphatic carbocycles. The molecule has 0 saturated carbocycles. The van der Waals surface area contributed by atoms with E-state index in [-0.39, 0.29) is 5.78 Å². The van der Waals surface area contributed by atoms with Gasteiger partial charge in [0.15, 0.2) is 5.78 Å². The third-order valence-corrected chi connectivity index (χ3v) is 2.09. The molecule has 0 N–H and O–H groups in total. The Labute approximate surface area is 78.2 Å². The minimum Gasteiger partial charge on any atom is -0.293 e. The van der Waals surface area contributed by atoms with E-state index in [4.69, 9.17) is 0 Å². The summed E-state index contributed by atoms with van der Waals surface area (Å²) in [4.78, 5) is 19.3. The third-order valence-electron chi connectivity index (χ3n) is 2.09. The van der Waals surface area contributed by atoms with Gasteiger partial charge in [0, 0.05) is 19.0 Å². The van der Waals surface area contributed by atoms with E-state index in [1.54, 1.807) is 12.3 Å². The van der Waals surface area contributed by atoms with Gasteiger partial charge in [-0.3, -0.25) is 4.79 Å². The molecule has 1 aromatic rings. The van der Waals surface area contributed by atoms with Crippen molar-refractivity contribution in [1.82, 2.24) is 9.97 Å². The molecule has 70 valence electrons. The first-order valence-electron chi connectivity index (χ1n) is 4.49. The minimum atomic E-state index is -0.00745. The molecule has 0 aromatic carbocycles. The number of aromatic nitrogens is 2. The van der Waals surface area contributed by atoms with Crippen molar-refractivity contribution in [3.05, 3.63) is 23.8 Å². The van der Waals surface area contributed by atoms with Gasteiger partial charge in [-0.2, -0.15) is 0 Å². The van der Waals surface area contributed by atoms with Crippen LogP contribution in [0.25, 0.3) is 0 Å². The fraction of sp³-hybridized carbons (Fsp3) is 0.500. The monoisotopic (exact) mass is 178 g/mol. The van der Waals surface area contributed by atoms with Gasteiger partial charge in [0.05, 0.1) is 0 Å². The van der Waals surface area contributed by atoms with Crippen LogP contribution in [-0.4, -0.2) is 15.8 Å². The molecule has 1 rings (SSSR count). The topological polar surface area (TPSA) is 42.9 Å². The SMILES string of the molecule is CCC(C)c1nccc(C(C)=O)n1. The van der Waals surface area contributed by atoms with Crippen LogP contribution < -0.4 is 0 Å². The molecule has 0 fully saturated rings. The fourth-order valence-electron chi connectivity index (χ4n) is 0.990. The van der Waals surface area contributed by atoms with Crippen LogP contribution >= 0.6 is 0 Å². The molecule has 0 spiro atoms. The second kappa shape index (κ2) is 4.12. The Hall–Kier alpha value is -1.25. The average Bonchev–Trinajstić information content (AvgIpc) is 2.17. The molecule has 1 aromatic heterocycles. The maximum atomic E-state index is 11.0. The van der Waals surface area contributed by atoms with E-state index >= 15 is 0 Å². The van der Waals surface area contributed by atoms with E-state index in [0.717, 1.165) is 12.2 Å². The van der Waals surface area contributed by atoms with E-state index in [0.29, 0.717) is 11.6 Å². The van der Waals surface area contributed by atoms with Crippen molar-refractivity contribution in [3.8, 4) is 0 Å². The first kappa shape index (κ1) is 9.84. The molecule has 3 nitrogen and oxygen atoms in total. The summed E-state index contributed by atoms with van der Waals surface area (Å²) in [5.41, 5.74) is 0.505. The Morgan fingerprint density at radius 3 is 2.85 bits per heavy atom. The number of Topliss-reactive ketones (excluding diaryl/α,β-unsaturated/α-hetero) is 1. The molecule has 1 atom stereocenters. The number of nitrogens with zero attached hydrogens (tertiary/aromatic N) is 2. The lowest BCUT2D eigenvalue weighted by Crippen LogP contribution is -2.04. The zero-order valence-corrected chi connectivity index (χ0v) is 8.24. The van der Waals surface area contributed by atoms with E-state index in [1.165, 1.54) is 6.92 Å². The summed E-state index contributed by atoms with van der Waals surface area (Å²) in [5, 5.41) is 0. The first-order valence-corrected chi connectivity index (χ1v) is 4.49. The van der Waals surface area contributed by atoms with Crippen LogP contribution in [0.5, 0.6) is 0 Å². The summed E-state index contributed by atoms with van der Waals surface area (Å²) in [6.07, 6.45) is 2.63. The number of ketones is 1. The lowest BCUT2D eigenvalue weighted by Gasteiger charge is -2.06. The van der Waals surface area contributed by atoms with E-state index in [9.17, 15) is 4.79 Å². The Morgan fingerprint density at radius 2 is 2.31 bits per heavy atom. The van der Waals surface area contributed by atoms with Crippen molar-refractivity contribution >= 4 is 5.78 Å². The lowest BCUT2D eigenvalue weighted by molar-refractivity contribution is 0.101. The molecule has 1 heterocycles. The fourth-order valence-corrected chi connectivity index (χ4v) is 0.990. The number of hydrogen-bond acceptors (Lipinski definition) is 3. The van der Waals surface area contributed by atoms with Crippen molar-refractivity contribution in [1.29, 1.82) is 0 Å². The van der Waals surface area contributed by atoms with Gasteiger partial charge < -0.3 is 0 Å². The predicted molar refractivity (Wildman–Crippen MR) is 50.7 cm³/mol. The number of rotatable bonds is 3. The summed E-state index contributed by atoms with van der Waals surface area (Å²) in [6.45, 7) is 5.65. The van der Waals surface area contributed by atoms with E-state index in [2.05, 4.69) is 23.8 Å². The van der Waals surface area contributed by atoms with Gasteiger partial charge in [0.25, 0.3) is 0 Å². The molecule has 0 radical (unpaired) electrons. The van der Waals surface area contributed by atoms with Crippen LogP contribution in [0.2, 0.25) is 0 Å². The Kier molecular flexibility index (Phi) is 3.12. The molecule has 1 unspecified atom stereocenters. The van der Waals surface area contributed by atoms with Crippen LogP contribution in [-0.2, 0) is 0 Å². The highest BCUT2D eigenvalue weighted by Crippen LogP contribution is 2.13. The molecule has 3 heteroatoms. The van der Waals surface area contributed by atoms with Gasteiger partial charge in [-0.25, -0.2) is 9.97 Å². The van der Waals surface area contributed by atoms with Gasteiger partial charge in [-0.05, 0) is 12.5 Å². The Bertz CT molecular complexity index is 310. The Morgan fingerprint density at radius 1 is 1.62 bits per heavy atom. The summed E-state index contributed by atoms with van der Waals surface area (Å²) >= 11 is 0. The van der Waals surface area contributed by atoms with E-state index in [1.807, 2.05) is 0 Å². The summed E-state index contributed by atoms with van der Waals surface area (Å²) in [6, 6.07) is 1.65. The summed E-state index contributed by atoms with van der Waals surface area (Å²) < 4.78 is 0. The third kappa shape index (κ3) is 2.34. The molecular weight excluding hydrogens is 164 g/mol. The summed E-state index contributed by atoms with van der Waals surface area (Å²) in [7, 11) is 0. The van der Waals surface area contributed by atoms with Gasteiger partial charge in [-0.15, -0.1) is 0 Å². The highest BCUT2D eigenvalue weighted by atomic mass is 16.1. The quantitative estimate of drug-likeness (QED) is 0.666. The number of hydrogen-bond donors (Lipinski definition) is 0. The van der Waals surface area contributed by atoms with Crippen LogP contribution in [0.15, 0.2) is 12.3 Å². The van der Waals surface area contributed by atoms with Crippen molar-refractivity contribution in [2.45, 2.75) is 33.1 Å². The van der Waals surface area contributed by atoms with Gasteiger partial charge in [0.1, 0.15) is 11.5 Å². The van der Waals surface area contributed by atoms with Crippen LogP contribution in [0.4, 0.5) is 0 Å². The van der Waals surface area contributed by atoms with Crippen LogP contribution in [0.3, 0.4) is 0 Å². The van der Waals surface area contributed by atoms with Crippen LogP contribution in [0.1, 0.15) is 49.4 Å². The molecule has 0 amide bonds. The maximum Gasteiger partial charge on any atom is 0.178 e. The smallest absolute Gasteiger partial charge is 0.178 e. The molecule has 0 saturated heterocycles. The second-order valence-corrected chi connectivity index (χ2v) is 3.17.